The van der Waals surface area contributed by atoms with E-state index in [0.717, 1.165) is 10.5 Å². The van der Waals surface area contributed by atoms with Gasteiger partial charge in [-0.1, -0.05) is 12.1 Å². The predicted octanol–water partition coefficient (Wildman–Crippen LogP) is 1.42. The van der Waals surface area contributed by atoms with Gasteiger partial charge in [-0.3, -0.25) is 5.14 Å². The fraction of sp³-hybridized carbons (Fsp3) is 0.250. The first-order valence-corrected chi connectivity index (χ1v) is 4.32. The van der Waals surface area contributed by atoms with Crippen LogP contribution in [0.1, 0.15) is 11.1 Å². The van der Waals surface area contributed by atoms with Crippen LogP contribution in [0.2, 0.25) is 0 Å². The summed E-state index contributed by atoms with van der Waals surface area (Å²) in [6, 6.07) is 6.11. The van der Waals surface area contributed by atoms with E-state index >= 15 is 0 Å². The lowest BCUT2D eigenvalue weighted by Crippen LogP contribution is -1.99. The van der Waals surface area contributed by atoms with Crippen molar-refractivity contribution >= 4 is 11.9 Å². The Morgan fingerprint density at radius 2 is 2.18 bits per heavy atom. The zero-order valence-electron chi connectivity index (χ0n) is 6.50. The van der Waals surface area contributed by atoms with E-state index in [4.69, 9.17) is 10.9 Å². The van der Waals surface area contributed by atoms with Gasteiger partial charge in [-0.05, 0) is 36.1 Å². The summed E-state index contributed by atoms with van der Waals surface area (Å²) >= 11 is 1.25. The van der Waals surface area contributed by atoms with Crippen molar-refractivity contribution in [1.29, 1.82) is 0 Å². The van der Waals surface area contributed by atoms with E-state index in [1.807, 2.05) is 25.1 Å². The zero-order chi connectivity index (χ0) is 8.27. The van der Waals surface area contributed by atoms with Crippen molar-refractivity contribution in [3.8, 4) is 0 Å². The van der Waals surface area contributed by atoms with Crippen molar-refractivity contribution in [2.75, 3.05) is 0 Å². The standard InChI is InChI=1S/C8H12N2S/c1-6-2-3-7(5-9)8(4-6)11-10/h2-4H,5,9-10H2,1H3. The molecule has 4 N–H and O–H groups in total. The van der Waals surface area contributed by atoms with Crippen molar-refractivity contribution < 1.29 is 0 Å². The lowest BCUT2D eigenvalue weighted by atomic mass is 10.1. The van der Waals surface area contributed by atoms with Gasteiger partial charge in [-0.2, -0.15) is 0 Å². The maximum Gasteiger partial charge on any atom is 0.0273 e. The second-order valence-corrected chi connectivity index (χ2v) is 3.11. The summed E-state index contributed by atoms with van der Waals surface area (Å²) in [5.74, 6) is 0. The molecule has 0 saturated heterocycles. The molecule has 0 unspecified atom stereocenters. The summed E-state index contributed by atoms with van der Waals surface area (Å²) in [6.45, 7) is 2.60. The molecule has 0 radical (unpaired) electrons. The summed E-state index contributed by atoms with van der Waals surface area (Å²) in [4.78, 5) is 1.08. The van der Waals surface area contributed by atoms with Crippen LogP contribution in [-0.2, 0) is 6.54 Å². The smallest absolute Gasteiger partial charge is 0.0273 e. The van der Waals surface area contributed by atoms with Crippen LogP contribution < -0.4 is 10.9 Å². The maximum absolute atomic E-state index is 5.51. The van der Waals surface area contributed by atoms with Crippen LogP contribution in [0.25, 0.3) is 0 Å². The molecule has 0 aliphatic rings. The van der Waals surface area contributed by atoms with Crippen molar-refractivity contribution in [3.63, 3.8) is 0 Å². The molecule has 1 aromatic carbocycles. The molecule has 1 aromatic rings. The zero-order valence-corrected chi connectivity index (χ0v) is 7.32. The van der Waals surface area contributed by atoms with Gasteiger partial charge in [0, 0.05) is 11.4 Å². The fourth-order valence-corrected chi connectivity index (χ4v) is 1.50. The van der Waals surface area contributed by atoms with Gasteiger partial charge >= 0.3 is 0 Å². The highest BCUT2D eigenvalue weighted by atomic mass is 32.2. The molecule has 0 aliphatic carbocycles. The summed E-state index contributed by atoms with van der Waals surface area (Å²) in [5, 5.41) is 5.46. The van der Waals surface area contributed by atoms with Crippen LogP contribution >= 0.6 is 11.9 Å². The van der Waals surface area contributed by atoms with Gasteiger partial charge in [0.15, 0.2) is 0 Å². The van der Waals surface area contributed by atoms with Gasteiger partial charge in [-0.25, -0.2) is 0 Å². The van der Waals surface area contributed by atoms with Crippen molar-refractivity contribution in [3.05, 3.63) is 29.3 Å². The van der Waals surface area contributed by atoms with Crippen molar-refractivity contribution in [2.24, 2.45) is 10.9 Å². The molecule has 0 spiro atoms. The predicted molar refractivity (Wildman–Crippen MR) is 49.1 cm³/mol. The first kappa shape index (κ1) is 8.59. The number of rotatable bonds is 2. The van der Waals surface area contributed by atoms with E-state index in [-0.39, 0.29) is 0 Å². The molecule has 0 heterocycles. The van der Waals surface area contributed by atoms with E-state index in [9.17, 15) is 0 Å². The van der Waals surface area contributed by atoms with E-state index in [1.54, 1.807) is 0 Å². The Labute approximate surface area is 71.1 Å². The Hall–Kier alpha value is -0.510. The first-order chi connectivity index (χ1) is 5.27. The molecule has 0 aliphatic heterocycles. The average Bonchev–Trinajstić information content (AvgIpc) is 2.04. The number of benzene rings is 1. The summed E-state index contributed by atoms with van der Waals surface area (Å²) < 4.78 is 0. The van der Waals surface area contributed by atoms with Crippen LogP contribution in [-0.4, -0.2) is 0 Å². The minimum Gasteiger partial charge on any atom is -0.326 e. The van der Waals surface area contributed by atoms with E-state index in [1.165, 1.54) is 17.5 Å². The molecule has 0 saturated carbocycles. The highest BCUT2D eigenvalue weighted by Crippen LogP contribution is 2.18. The Morgan fingerprint density at radius 1 is 1.45 bits per heavy atom. The Balaban J connectivity index is 3.06. The molecular formula is C8H12N2S. The molecule has 1 rings (SSSR count). The summed E-state index contributed by atoms with van der Waals surface area (Å²) in [5.41, 5.74) is 7.84. The summed E-state index contributed by atoms with van der Waals surface area (Å²) in [7, 11) is 0. The van der Waals surface area contributed by atoms with Crippen LogP contribution in [0.3, 0.4) is 0 Å². The lowest BCUT2D eigenvalue weighted by Gasteiger charge is -2.04. The van der Waals surface area contributed by atoms with Crippen LogP contribution in [0.4, 0.5) is 0 Å². The Morgan fingerprint density at radius 3 is 2.73 bits per heavy atom. The molecule has 0 fully saturated rings. The molecule has 3 heteroatoms. The third-order valence-corrected chi connectivity index (χ3v) is 2.20. The molecule has 0 amide bonds. The second-order valence-electron chi connectivity index (χ2n) is 2.43. The molecule has 2 nitrogen and oxygen atoms in total. The largest absolute Gasteiger partial charge is 0.326 e. The van der Waals surface area contributed by atoms with E-state index in [2.05, 4.69) is 0 Å². The molecular weight excluding hydrogens is 156 g/mol. The van der Waals surface area contributed by atoms with Gasteiger partial charge in [0.05, 0.1) is 0 Å². The lowest BCUT2D eigenvalue weighted by molar-refractivity contribution is 1.02. The maximum atomic E-state index is 5.51. The quantitative estimate of drug-likeness (QED) is 0.657. The number of nitrogens with two attached hydrogens (primary N) is 2. The number of hydrogen-bond donors (Lipinski definition) is 2. The number of hydrogen-bond acceptors (Lipinski definition) is 3. The van der Waals surface area contributed by atoms with Gasteiger partial charge in [0.2, 0.25) is 0 Å². The van der Waals surface area contributed by atoms with E-state index < -0.39 is 0 Å². The van der Waals surface area contributed by atoms with Gasteiger partial charge < -0.3 is 5.73 Å². The van der Waals surface area contributed by atoms with E-state index in [0.29, 0.717) is 6.54 Å². The minimum absolute atomic E-state index is 0.555. The second kappa shape index (κ2) is 3.76. The van der Waals surface area contributed by atoms with Crippen LogP contribution in [0, 0.1) is 6.92 Å². The molecule has 0 atom stereocenters. The monoisotopic (exact) mass is 168 g/mol. The van der Waals surface area contributed by atoms with Gasteiger partial charge in [0.1, 0.15) is 0 Å². The molecule has 0 bridgehead atoms. The Kier molecular flexibility index (Phi) is 2.93. The molecule has 0 aromatic heterocycles. The number of aryl methyl sites for hydroxylation is 1. The highest BCUT2D eigenvalue weighted by molar-refractivity contribution is 7.97. The van der Waals surface area contributed by atoms with Gasteiger partial charge in [0.25, 0.3) is 0 Å². The third kappa shape index (κ3) is 1.96. The first-order valence-electron chi connectivity index (χ1n) is 3.44. The van der Waals surface area contributed by atoms with Crippen LogP contribution in [0.5, 0.6) is 0 Å². The third-order valence-electron chi connectivity index (χ3n) is 1.57. The molecule has 60 valence electrons. The topological polar surface area (TPSA) is 52.0 Å². The summed E-state index contributed by atoms with van der Waals surface area (Å²) in [6.07, 6.45) is 0. The Bertz CT molecular complexity index is 248. The highest BCUT2D eigenvalue weighted by Gasteiger charge is 1.98. The SMILES string of the molecule is Cc1ccc(CN)c(SN)c1. The molecule has 11 heavy (non-hydrogen) atoms. The van der Waals surface area contributed by atoms with Crippen molar-refractivity contribution in [2.45, 2.75) is 18.4 Å². The van der Waals surface area contributed by atoms with Gasteiger partial charge in [-0.15, -0.1) is 0 Å². The average molecular weight is 168 g/mol. The minimum atomic E-state index is 0.555. The normalized spacial score (nSPS) is 10.1. The van der Waals surface area contributed by atoms with Crippen molar-refractivity contribution in [1.82, 2.24) is 0 Å². The fourth-order valence-electron chi connectivity index (χ4n) is 0.940. The van der Waals surface area contributed by atoms with Crippen LogP contribution in [0.15, 0.2) is 23.1 Å².